The second kappa shape index (κ2) is 9.16. The van der Waals surface area contributed by atoms with E-state index >= 15 is 0 Å². The molecular formula is C21H24N2O4. The van der Waals surface area contributed by atoms with E-state index in [-0.39, 0.29) is 18.4 Å². The first-order chi connectivity index (χ1) is 13.1. The van der Waals surface area contributed by atoms with Crippen molar-refractivity contribution < 1.29 is 19.4 Å². The van der Waals surface area contributed by atoms with Crippen LogP contribution in [0.25, 0.3) is 0 Å². The summed E-state index contributed by atoms with van der Waals surface area (Å²) in [7, 11) is 0. The molecule has 1 saturated heterocycles. The zero-order valence-electron chi connectivity index (χ0n) is 15.2. The fourth-order valence-corrected chi connectivity index (χ4v) is 3.39. The van der Waals surface area contributed by atoms with Crippen molar-refractivity contribution in [3.8, 4) is 5.75 Å². The van der Waals surface area contributed by atoms with Crippen LogP contribution >= 0.6 is 0 Å². The molecule has 1 atom stereocenters. The molecule has 0 unspecified atom stereocenters. The fraction of sp³-hybridized carbons (Fsp3) is 0.381. The molecule has 1 aliphatic rings. The lowest BCUT2D eigenvalue weighted by atomic mass is 9.97. The number of carbonyl (C=O) groups is 2. The molecule has 0 aliphatic carbocycles. The lowest BCUT2D eigenvalue weighted by molar-refractivity contribution is -0.137. The van der Waals surface area contributed by atoms with Crippen LogP contribution in [0, 0.1) is 0 Å². The molecule has 0 radical (unpaired) electrons. The Morgan fingerprint density at radius 2 is 2.11 bits per heavy atom. The van der Waals surface area contributed by atoms with Gasteiger partial charge < -0.3 is 14.7 Å². The summed E-state index contributed by atoms with van der Waals surface area (Å²) in [5.41, 5.74) is 1.53. The standard InChI is InChI=1S/C21H24N2O4/c24-20(25)10-9-18-7-1-2-12-23(18)21(26)17-6-3-8-19(13-17)27-15-16-5-4-11-22-14-16/h3-6,8,11,13-14,18H,1-2,7,9-10,12,15H2,(H,24,25)/t18-/m1/s1. The maximum atomic E-state index is 13.0. The summed E-state index contributed by atoms with van der Waals surface area (Å²) in [6.07, 6.45) is 6.88. The number of hydrogen-bond acceptors (Lipinski definition) is 4. The summed E-state index contributed by atoms with van der Waals surface area (Å²) < 4.78 is 5.79. The Balaban J connectivity index is 1.67. The number of aliphatic carboxylic acids is 1. The van der Waals surface area contributed by atoms with Crippen LogP contribution in [-0.2, 0) is 11.4 Å². The number of aromatic nitrogens is 1. The number of piperidine rings is 1. The summed E-state index contributed by atoms with van der Waals surface area (Å²) in [5.74, 6) is -0.250. The van der Waals surface area contributed by atoms with E-state index in [9.17, 15) is 9.59 Å². The largest absolute Gasteiger partial charge is 0.489 e. The molecule has 1 aromatic carbocycles. The van der Waals surface area contributed by atoms with Gasteiger partial charge in [0.1, 0.15) is 12.4 Å². The number of amides is 1. The number of nitrogens with zero attached hydrogens (tertiary/aromatic N) is 2. The van der Waals surface area contributed by atoms with Gasteiger partial charge in [0, 0.05) is 42.5 Å². The van der Waals surface area contributed by atoms with Gasteiger partial charge in [0.25, 0.3) is 5.91 Å². The minimum absolute atomic E-state index is 0.0117. The predicted molar refractivity (Wildman–Crippen MR) is 101 cm³/mol. The normalized spacial score (nSPS) is 16.7. The minimum atomic E-state index is -0.821. The third kappa shape index (κ3) is 5.29. The van der Waals surface area contributed by atoms with Crippen molar-refractivity contribution in [2.75, 3.05) is 6.54 Å². The maximum absolute atomic E-state index is 13.0. The Bertz CT molecular complexity index is 779. The number of likely N-dealkylation sites (tertiary alicyclic amines) is 1. The quantitative estimate of drug-likeness (QED) is 0.809. The number of carbonyl (C=O) groups excluding carboxylic acids is 1. The van der Waals surface area contributed by atoms with Crippen LogP contribution in [0.2, 0.25) is 0 Å². The highest BCUT2D eigenvalue weighted by Gasteiger charge is 2.27. The Hall–Kier alpha value is -2.89. The van der Waals surface area contributed by atoms with Crippen molar-refractivity contribution in [3.63, 3.8) is 0 Å². The molecule has 0 spiro atoms. The molecule has 1 fully saturated rings. The van der Waals surface area contributed by atoms with E-state index in [4.69, 9.17) is 9.84 Å². The SMILES string of the molecule is O=C(O)CC[C@H]1CCCCN1C(=O)c1cccc(OCc2cccnc2)c1. The molecule has 142 valence electrons. The molecule has 27 heavy (non-hydrogen) atoms. The number of benzene rings is 1. The Labute approximate surface area is 158 Å². The average Bonchev–Trinajstić information content (AvgIpc) is 2.71. The van der Waals surface area contributed by atoms with Gasteiger partial charge in [-0.3, -0.25) is 14.6 Å². The Morgan fingerprint density at radius 3 is 2.89 bits per heavy atom. The lowest BCUT2D eigenvalue weighted by Crippen LogP contribution is -2.44. The second-order valence-corrected chi connectivity index (χ2v) is 6.76. The van der Waals surface area contributed by atoms with E-state index < -0.39 is 5.97 Å². The smallest absolute Gasteiger partial charge is 0.303 e. The van der Waals surface area contributed by atoms with Gasteiger partial charge in [-0.25, -0.2) is 0 Å². The van der Waals surface area contributed by atoms with Crippen molar-refractivity contribution >= 4 is 11.9 Å². The highest BCUT2D eigenvalue weighted by molar-refractivity contribution is 5.95. The van der Waals surface area contributed by atoms with Gasteiger partial charge in [0.05, 0.1) is 0 Å². The Morgan fingerprint density at radius 1 is 1.22 bits per heavy atom. The van der Waals surface area contributed by atoms with E-state index in [0.717, 1.165) is 24.8 Å². The van der Waals surface area contributed by atoms with Crippen molar-refractivity contribution in [1.29, 1.82) is 0 Å². The monoisotopic (exact) mass is 368 g/mol. The summed E-state index contributed by atoms with van der Waals surface area (Å²) in [6.45, 7) is 1.06. The lowest BCUT2D eigenvalue weighted by Gasteiger charge is -2.35. The molecule has 1 amide bonds. The van der Waals surface area contributed by atoms with Crippen molar-refractivity contribution in [2.45, 2.75) is 44.8 Å². The molecule has 1 aromatic heterocycles. The van der Waals surface area contributed by atoms with E-state index in [2.05, 4.69) is 4.98 Å². The van der Waals surface area contributed by atoms with Crippen molar-refractivity contribution in [3.05, 3.63) is 59.9 Å². The topological polar surface area (TPSA) is 79.7 Å². The van der Waals surface area contributed by atoms with Crippen molar-refractivity contribution in [2.24, 2.45) is 0 Å². The van der Waals surface area contributed by atoms with Crippen LogP contribution in [0.3, 0.4) is 0 Å². The third-order valence-corrected chi connectivity index (χ3v) is 4.79. The average molecular weight is 368 g/mol. The van der Waals surface area contributed by atoms with Crippen molar-refractivity contribution in [1.82, 2.24) is 9.88 Å². The van der Waals surface area contributed by atoms with Crippen LogP contribution in [-0.4, -0.2) is 39.5 Å². The maximum Gasteiger partial charge on any atom is 0.303 e. The van der Waals surface area contributed by atoms with Crippen LogP contribution in [0.5, 0.6) is 5.75 Å². The first kappa shape index (κ1) is 18.9. The van der Waals surface area contributed by atoms with Crippen LogP contribution in [0.4, 0.5) is 0 Å². The van der Waals surface area contributed by atoms with Gasteiger partial charge in [-0.1, -0.05) is 12.1 Å². The van der Waals surface area contributed by atoms with Crippen LogP contribution in [0.1, 0.15) is 48.0 Å². The van der Waals surface area contributed by atoms with Gasteiger partial charge in [-0.05, 0) is 49.9 Å². The van der Waals surface area contributed by atoms with Crippen LogP contribution in [0.15, 0.2) is 48.8 Å². The number of pyridine rings is 1. The van der Waals surface area contributed by atoms with Crippen LogP contribution < -0.4 is 4.74 Å². The third-order valence-electron chi connectivity index (χ3n) is 4.79. The first-order valence-electron chi connectivity index (χ1n) is 9.28. The number of carboxylic acid groups (broad SMARTS) is 1. The van der Waals surface area contributed by atoms with E-state index in [0.29, 0.717) is 30.9 Å². The van der Waals surface area contributed by atoms with E-state index in [1.807, 2.05) is 29.2 Å². The Kier molecular flexibility index (Phi) is 6.41. The van der Waals surface area contributed by atoms with Gasteiger partial charge >= 0.3 is 5.97 Å². The molecule has 2 heterocycles. The highest BCUT2D eigenvalue weighted by atomic mass is 16.5. The van der Waals surface area contributed by atoms with E-state index in [1.165, 1.54) is 0 Å². The summed E-state index contributed by atoms with van der Waals surface area (Å²) >= 11 is 0. The molecule has 6 heteroatoms. The summed E-state index contributed by atoms with van der Waals surface area (Å²) in [4.78, 5) is 29.8. The summed E-state index contributed by atoms with van der Waals surface area (Å²) in [5, 5.41) is 8.95. The summed E-state index contributed by atoms with van der Waals surface area (Å²) in [6, 6.07) is 10.9. The molecule has 2 aromatic rings. The molecule has 1 N–H and O–H groups in total. The van der Waals surface area contributed by atoms with Gasteiger partial charge in [-0.15, -0.1) is 0 Å². The molecular weight excluding hydrogens is 344 g/mol. The zero-order valence-corrected chi connectivity index (χ0v) is 15.2. The van der Waals surface area contributed by atoms with Gasteiger partial charge in [-0.2, -0.15) is 0 Å². The predicted octanol–water partition coefficient (Wildman–Crippen LogP) is 3.52. The molecule has 1 aliphatic heterocycles. The molecule has 3 rings (SSSR count). The number of rotatable bonds is 7. The number of ether oxygens (including phenoxy) is 1. The zero-order chi connectivity index (χ0) is 19.1. The number of hydrogen-bond donors (Lipinski definition) is 1. The fourth-order valence-electron chi connectivity index (χ4n) is 3.39. The molecule has 0 bridgehead atoms. The second-order valence-electron chi connectivity index (χ2n) is 6.76. The molecule has 6 nitrogen and oxygen atoms in total. The van der Waals surface area contributed by atoms with E-state index in [1.54, 1.807) is 24.5 Å². The van der Waals surface area contributed by atoms with Gasteiger partial charge in [0.15, 0.2) is 0 Å². The first-order valence-corrected chi connectivity index (χ1v) is 9.28. The highest BCUT2D eigenvalue weighted by Crippen LogP contribution is 2.24. The minimum Gasteiger partial charge on any atom is -0.489 e. The number of carboxylic acids is 1. The molecule has 0 saturated carbocycles. The van der Waals surface area contributed by atoms with Gasteiger partial charge in [0.2, 0.25) is 0 Å².